The van der Waals surface area contributed by atoms with E-state index in [9.17, 15) is 0 Å². The largest absolute Gasteiger partial charge is 0.375 e. The fourth-order valence-electron chi connectivity index (χ4n) is 4.32. The van der Waals surface area contributed by atoms with Crippen LogP contribution in [0.3, 0.4) is 0 Å². The molecule has 2 nitrogen and oxygen atoms in total. The minimum absolute atomic E-state index is 0.543. The number of ether oxygens (including phenoxy) is 1. The number of hydrogen-bond donors (Lipinski definition) is 1. The van der Waals surface area contributed by atoms with Gasteiger partial charge in [-0.2, -0.15) is 0 Å². The molecule has 4 unspecified atom stereocenters. The Morgan fingerprint density at radius 1 is 0.579 bits per heavy atom. The molecule has 0 radical (unpaired) electrons. The summed E-state index contributed by atoms with van der Waals surface area (Å²) in [5, 5.41) is 4.00. The number of nitrogens with one attached hydrogen (secondary N) is 1. The van der Waals surface area contributed by atoms with E-state index in [4.69, 9.17) is 4.74 Å². The summed E-state index contributed by atoms with van der Waals surface area (Å²) in [6, 6.07) is 1.46. The van der Waals surface area contributed by atoms with Gasteiger partial charge >= 0.3 is 0 Å². The van der Waals surface area contributed by atoms with Gasteiger partial charge in [-0.15, -0.1) is 0 Å². The lowest BCUT2D eigenvalue weighted by Crippen LogP contribution is -2.46. The molecule has 2 aliphatic carbocycles. The quantitative estimate of drug-likeness (QED) is 0.709. The van der Waals surface area contributed by atoms with Gasteiger partial charge in [-0.05, 0) is 38.5 Å². The smallest absolute Gasteiger partial charge is 0.0593 e. The molecule has 2 heteroatoms. The van der Waals surface area contributed by atoms with Gasteiger partial charge in [0, 0.05) is 12.1 Å². The van der Waals surface area contributed by atoms with Gasteiger partial charge < -0.3 is 10.1 Å². The van der Waals surface area contributed by atoms with Crippen molar-refractivity contribution in [2.45, 2.75) is 108 Å². The molecule has 1 heterocycles. The monoisotopic (exact) mass is 265 g/mol. The van der Waals surface area contributed by atoms with Crippen molar-refractivity contribution in [3.63, 3.8) is 0 Å². The van der Waals surface area contributed by atoms with Gasteiger partial charge in [0.25, 0.3) is 0 Å². The van der Waals surface area contributed by atoms with E-state index in [0.717, 1.165) is 12.1 Å². The third kappa shape index (κ3) is 4.19. The van der Waals surface area contributed by atoms with Crippen molar-refractivity contribution in [2.75, 3.05) is 0 Å². The fraction of sp³-hybridized carbons (Fsp3) is 1.00. The molecular weight excluding hydrogens is 234 g/mol. The summed E-state index contributed by atoms with van der Waals surface area (Å²) in [7, 11) is 0. The zero-order valence-corrected chi connectivity index (χ0v) is 12.4. The zero-order chi connectivity index (χ0) is 12.9. The third-order valence-corrected chi connectivity index (χ3v) is 5.36. The van der Waals surface area contributed by atoms with Crippen LogP contribution in [0.4, 0.5) is 0 Å². The summed E-state index contributed by atoms with van der Waals surface area (Å²) in [6.45, 7) is 0. The maximum atomic E-state index is 6.52. The van der Waals surface area contributed by atoms with Crippen LogP contribution < -0.4 is 5.32 Å². The molecule has 3 fully saturated rings. The predicted octanol–water partition coefficient (Wildman–Crippen LogP) is 4.18. The van der Waals surface area contributed by atoms with E-state index < -0.39 is 0 Å². The van der Waals surface area contributed by atoms with Crippen LogP contribution >= 0.6 is 0 Å². The molecule has 1 aliphatic heterocycles. The molecule has 0 spiro atoms. The Labute approximate surface area is 118 Å². The highest BCUT2D eigenvalue weighted by molar-refractivity contribution is 4.85. The van der Waals surface area contributed by atoms with Crippen LogP contribution in [0.2, 0.25) is 0 Å². The summed E-state index contributed by atoms with van der Waals surface area (Å²) in [5.41, 5.74) is 0. The molecule has 3 rings (SSSR count). The van der Waals surface area contributed by atoms with Gasteiger partial charge in [-0.3, -0.25) is 0 Å². The maximum Gasteiger partial charge on any atom is 0.0593 e. The molecular formula is C17H31NO. The summed E-state index contributed by atoms with van der Waals surface area (Å²) in [5.74, 6) is 0. The number of fused-ring (bicyclic) bond motifs is 4. The first-order chi connectivity index (χ1) is 9.40. The average Bonchev–Trinajstić information content (AvgIpc) is 2.45. The van der Waals surface area contributed by atoms with Crippen molar-refractivity contribution in [3.8, 4) is 0 Å². The Kier molecular flexibility index (Phi) is 5.17. The van der Waals surface area contributed by atoms with E-state index in [1.807, 2.05) is 0 Å². The van der Waals surface area contributed by atoms with Crippen molar-refractivity contribution >= 4 is 0 Å². The minimum atomic E-state index is 0.543. The first-order valence-electron chi connectivity index (χ1n) is 8.81. The van der Waals surface area contributed by atoms with Gasteiger partial charge in [0.1, 0.15) is 0 Å². The molecule has 0 amide bonds. The molecule has 0 aromatic heterocycles. The van der Waals surface area contributed by atoms with E-state index in [2.05, 4.69) is 5.32 Å². The molecule has 4 bridgehead atoms. The van der Waals surface area contributed by atoms with Crippen LogP contribution in [0.25, 0.3) is 0 Å². The lowest BCUT2D eigenvalue weighted by atomic mass is 9.91. The lowest BCUT2D eigenvalue weighted by Gasteiger charge is -2.37. The second kappa shape index (κ2) is 7.08. The topological polar surface area (TPSA) is 21.3 Å². The van der Waals surface area contributed by atoms with Crippen LogP contribution in [0.5, 0.6) is 0 Å². The summed E-state index contributed by atoms with van der Waals surface area (Å²) >= 11 is 0. The van der Waals surface area contributed by atoms with Crippen molar-refractivity contribution in [2.24, 2.45) is 0 Å². The molecule has 110 valence electrons. The number of hydrogen-bond acceptors (Lipinski definition) is 2. The summed E-state index contributed by atoms with van der Waals surface area (Å²) in [4.78, 5) is 0. The molecule has 2 saturated carbocycles. The first-order valence-corrected chi connectivity index (χ1v) is 8.81. The van der Waals surface area contributed by atoms with Crippen molar-refractivity contribution in [3.05, 3.63) is 0 Å². The maximum absolute atomic E-state index is 6.52. The van der Waals surface area contributed by atoms with Crippen molar-refractivity contribution in [1.29, 1.82) is 0 Å². The van der Waals surface area contributed by atoms with Crippen molar-refractivity contribution in [1.82, 2.24) is 5.32 Å². The average molecular weight is 265 g/mol. The van der Waals surface area contributed by atoms with Crippen LogP contribution in [0.1, 0.15) is 83.5 Å². The van der Waals surface area contributed by atoms with E-state index in [1.165, 1.54) is 83.5 Å². The summed E-state index contributed by atoms with van der Waals surface area (Å²) in [6.07, 6.45) is 18.8. The van der Waals surface area contributed by atoms with Gasteiger partial charge in [0.2, 0.25) is 0 Å². The predicted molar refractivity (Wildman–Crippen MR) is 79.4 cm³/mol. The highest BCUT2D eigenvalue weighted by Gasteiger charge is 2.29. The Hall–Kier alpha value is -0.0800. The molecule has 19 heavy (non-hydrogen) atoms. The molecule has 3 aliphatic rings. The highest BCUT2D eigenvalue weighted by Crippen LogP contribution is 2.29. The van der Waals surface area contributed by atoms with E-state index in [-0.39, 0.29) is 0 Å². The molecule has 4 atom stereocenters. The van der Waals surface area contributed by atoms with Crippen LogP contribution in [0.15, 0.2) is 0 Å². The Balaban J connectivity index is 1.69. The third-order valence-electron chi connectivity index (χ3n) is 5.36. The van der Waals surface area contributed by atoms with E-state index >= 15 is 0 Å². The van der Waals surface area contributed by atoms with Crippen molar-refractivity contribution < 1.29 is 4.74 Å². The zero-order valence-electron chi connectivity index (χ0n) is 12.4. The normalized spacial score (nSPS) is 41.7. The van der Waals surface area contributed by atoms with Gasteiger partial charge in [-0.1, -0.05) is 44.9 Å². The standard InChI is InChI=1S/C17H31NO/c1-2-6-10-16-12-14(8-4-1)18-15-9-5-3-7-11-17(13-15)19-16/h14-18H,1-13H2. The van der Waals surface area contributed by atoms with Gasteiger partial charge in [-0.25, -0.2) is 0 Å². The highest BCUT2D eigenvalue weighted by atomic mass is 16.5. The fourth-order valence-corrected chi connectivity index (χ4v) is 4.32. The van der Waals surface area contributed by atoms with Gasteiger partial charge in [0.05, 0.1) is 12.2 Å². The molecule has 1 saturated heterocycles. The van der Waals surface area contributed by atoms with Gasteiger partial charge in [0.15, 0.2) is 0 Å². The number of rotatable bonds is 0. The SMILES string of the molecule is C1CCCC2CC(CC1)NC1CCCCCC(C1)O2. The minimum Gasteiger partial charge on any atom is -0.375 e. The van der Waals surface area contributed by atoms with E-state index in [1.54, 1.807) is 0 Å². The Bertz CT molecular complexity index is 244. The Morgan fingerprint density at radius 3 is 1.63 bits per heavy atom. The second-order valence-electron chi connectivity index (χ2n) is 7.04. The Morgan fingerprint density at radius 2 is 1.05 bits per heavy atom. The molecule has 1 N–H and O–H groups in total. The molecule has 0 aromatic carbocycles. The van der Waals surface area contributed by atoms with Crippen LogP contribution in [0, 0.1) is 0 Å². The second-order valence-corrected chi connectivity index (χ2v) is 7.04. The van der Waals surface area contributed by atoms with Crippen LogP contribution in [-0.2, 0) is 4.74 Å². The first kappa shape index (κ1) is 13.9. The van der Waals surface area contributed by atoms with E-state index in [0.29, 0.717) is 12.2 Å². The molecule has 0 aromatic rings. The lowest BCUT2D eigenvalue weighted by molar-refractivity contribution is -0.0524. The summed E-state index contributed by atoms with van der Waals surface area (Å²) < 4.78 is 6.52. The van der Waals surface area contributed by atoms with Crippen LogP contribution in [-0.4, -0.2) is 24.3 Å².